The van der Waals surface area contributed by atoms with Gasteiger partial charge in [0, 0.05) is 22.3 Å². The zero-order valence-electron chi connectivity index (χ0n) is 15.4. The second kappa shape index (κ2) is 7.48. The number of aromatic hydroxyl groups is 1. The number of amides is 1. The van der Waals surface area contributed by atoms with Gasteiger partial charge in [-0.2, -0.15) is 5.10 Å². The zero-order valence-corrected chi connectivity index (χ0v) is 16.1. The first kappa shape index (κ1) is 18.8. The second-order valence-corrected chi connectivity index (χ2v) is 6.88. The van der Waals surface area contributed by atoms with E-state index in [9.17, 15) is 14.7 Å². The lowest BCUT2D eigenvalue weighted by Crippen LogP contribution is -2.25. The maximum atomic E-state index is 12.8. The van der Waals surface area contributed by atoms with E-state index in [1.165, 1.54) is 4.68 Å². The van der Waals surface area contributed by atoms with Crippen LogP contribution >= 0.6 is 11.6 Å². The number of azo groups is 1. The number of aromatic amines is 1. The second-order valence-electron chi connectivity index (χ2n) is 6.44. The van der Waals surface area contributed by atoms with Crippen molar-refractivity contribution in [2.45, 2.75) is 19.9 Å². The Balaban J connectivity index is 1.81. The van der Waals surface area contributed by atoms with Crippen LogP contribution in [0, 0.1) is 0 Å². The summed E-state index contributed by atoms with van der Waals surface area (Å²) < 4.78 is 1.26. The molecule has 0 fully saturated rings. The fourth-order valence-corrected chi connectivity index (χ4v) is 3.31. The van der Waals surface area contributed by atoms with E-state index in [0.717, 1.165) is 0 Å². The fourth-order valence-electron chi connectivity index (χ4n) is 3.14. The zero-order chi connectivity index (χ0) is 20.5. The van der Waals surface area contributed by atoms with E-state index in [2.05, 4.69) is 20.3 Å². The third-order valence-corrected chi connectivity index (χ3v) is 4.70. The van der Waals surface area contributed by atoms with Gasteiger partial charge in [0.1, 0.15) is 0 Å². The van der Waals surface area contributed by atoms with Gasteiger partial charge >= 0.3 is 5.91 Å². The molecule has 0 atom stereocenters. The summed E-state index contributed by atoms with van der Waals surface area (Å²) in [5, 5.41) is 23.7. The number of H-pyrrole nitrogens is 1. The molecule has 1 amide bonds. The van der Waals surface area contributed by atoms with Crippen LogP contribution in [0.1, 0.15) is 23.8 Å². The first-order valence-corrected chi connectivity index (χ1v) is 9.33. The van der Waals surface area contributed by atoms with Crippen LogP contribution in [0.15, 0.2) is 57.5 Å². The number of aryl methyl sites for hydroxylation is 1. The Labute approximate surface area is 169 Å². The van der Waals surface area contributed by atoms with Gasteiger partial charge in [0.2, 0.25) is 5.88 Å². The predicted octanol–water partition coefficient (Wildman–Crippen LogP) is 4.57. The SMILES string of the molecule is CCCn1nc(C(=O)N=Nc2c(O)[nH]c3ccc(Cl)cc23)c2ccccc2c1=O. The topological polar surface area (TPSA) is 113 Å². The molecule has 0 aliphatic carbocycles. The summed E-state index contributed by atoms with van der Waals surface area (Å²) in [4.78, 5) is 28.1. The number of hydrogen-bond acceptors (Lipinski definition) is 5. The van der Waals surface area contributed by atoms with Crippen LogP contribution in [-0.4, -0.2) is 25.8 Å². The number of aromatic nitrogens is 3. The summed E-state index contributed by atoms with van der Waals surface area (Å²) in [7, 11) is 0. The molecule has 0 unspecified atom stereocenters. The van der Waals surface area contributed by atoms with E-state index in [4.69, 9.17) is 11.6 Å². The van der Waals surface area contributed by atoms with Crippen LogP contribution in [0.2, 0.25) is 5.02 Å². The van der Waals surface area contributed by atoms with Gasteiger partial charge in [0.05, 0.1) is 10.9 Å². The van der Waals surface area contributed by atoms with Gasteiger partial charge in [0.25, 0.3) is 5.56 Å². The van der Waals surface area contributed by atoms with Crippen LogP contribution < -0.4 is 5.56 Å². The van der Waals surface area contributed by atoms with Crippen molar-refractivity contribution in [1.29, 1.82) is 0 Å². The van der Waals surface area contributed by atoms with Crippen molar-refractivity contribution in [3.8, 4) is 5.88 Å². The lowest BCUT2D eigenvalue weighted by atomic mass is 10.1. The van der Waals surface area contributed by atoms with Crippen molar-refractivity contribution in [3.05, 3.63) is 63.5 Å². The van der Waals surface area contributed by atoms with Gasteiger partial charge < -0.3 is 10.1 Å². The minimum Gasteiger partial charge on any atom is -0.493 e. The Kier molecular flexibility index (Phi) is 4.85. The molecule has 0 spiro atoms. The first-order chi connectivity index (χ1) is 14.0. The minimum atomic E-state index is -0.721. The molecule has 0 saturated heterocycles. The van der Waals surface area contributed by atoms with E-state index in [-0.39, 0.29) is 22.8 Å². The summed E-state index contributed by atoms with van der Waals surface area (Å²) in [5.74, 6) is -0.950. The molecule has 0 aliphatic rings. The van der Waals surface area contributed by atoms with Gasteiger partial charge in [-0.15, -0.1) is 10.2 Å². The normalized spacial score (nSPS) is 11.7. The summed E-state index contributed by atoms with van der Waals surface area (Å²) in [6, 6.07) is 11.7. The third-order valence-electron chi connectivity index (χ3n) is 4.46. The van der Waals surface area contributed by atoms with Crippen molar-refractivity contribution in [2.24, 2.45) is 10.2 Å². The standard InChI is InChI=1S/C20H16ClN5O3/c1-2-9-26-20(29)13-6-4-3-5-12(13)17(25-26)19(28)24-23-16-14-10-11(21)7-8-15(14)22-18(16)27/h3-8,10,22,27H,2,9H2,1H3. The first-order valence-electron chi connectivity index (χ1n) is 8.95. The molecule has 9 heteroatoms. The number of rotatable bonds is 4. The number of benzene rings is 2. The van der Waals surface area contributed by atoms with Crippen LogP contribution in [0.5, 0.6) is 5.88 Å². The minimum absolute atomic E-state index is 0.0229. The van der Waals surface area contributed by atoms with Gasteiger partial charge in [-0.05, 0) is 30.7 Å². The molecular formula is C20H16ClN5O3. The highest BCUT2D eigenvalue weighted by atomic mass is 35.5. The molecule has 0 bridgehead atoms. The molecule has 29 heavy (non-hydrogen) atoms. The summed E-state index contributed by atoms with van der Waals surface area (Å²) in [6.07, 6.45) is 0.685. The largest absolute Gasteiger partial charge is 0.493 e. The Morgan fingerprint density at radius 1 is 1.21 bits per heavy atom. The Hall–Kier alpha value is -3.52. The van der Waals surface area contributed by atoms with Gasteiger partial charge in [-0.25, -0.2) is 4.68 Å². The highest BCUT2D eigenvalue weighted by molar-refractivity contribution is 6.31. The van der Waals surface area contributed by atoms with E-state index < -0.39 is 5.91 Å². The number of nitrogens with zero attached hydrogens (tertiary/aromatic N) is 4. The van der Waals surface area contributed by atoms with Crippen molar-refractivity contribution in [1.82, 2.24) is 14.8 Å². The van der Waals surface area contributed by atoms with Crippen molar-refractivity contribution >= 4 is 44.9 Å². The Bertz CT molecular complexity index is 1340. The van der Waals surface area contributed by atoms with Crippen LogP contribution in [0.25, 0.3) is 21.7 Å². The number of carbonyl (C=O) groups is 1. The van der Waals surface area contributed by atoms with E-state index in [1.54, 1.807) is 42.5 Å². The molecule has 4 aromatic rings. The van der Waals surface area contributed by atoms with E-state index in [1.807, 2.05) is 6.92 Å². The molecule has 4 rings (SSSR count). The molecule has 2 N–H and O–H groups in total. The van der Waals surface area contributed by atoms with Crippen LogP contribution in [-0.2, 0) is 6.54 Å². The lowest BCUT2D eigenvalue weighted by molar-refractivity contribution is 0.0989. The Morgan fingerprint density at radius 2 is 1.97 bits per heavy atom. The molecule has 146 valence electrons. The Morgan fingerprint density at radius 3 is 2.72 bits per heavy atom. The number of halogens is 1. The summed E-state index contributed by atoms with van der Waals surface area (Å²) >= 11 is 6.01. The van der Waals surface area contributed by atoms with Crippen molar-refractivity contribution < 1.29 is 9.90 Å². The highest BCUT2D eigenvalue weighted by Crippen LogP contribution is 2.36. The maximum Gasteiger partial charge on any atom is 0.316 e. The molecular weight excluding hydrogens is 394 g/mol. The number of fused-ring (bicyclic) bond motifs is 2. The van der Waals surface area contributed by atoms with Crippen molar-refractivity contribution in [3.63, 3.8) is 0 Å². The average molecular weight is 410 g/mol. The quantitative estimate of drug-likeness (QED) is 0.480. The highest BCUT2D eigenvalue weighted by Gasteiger charge is 2.17. The van der Waals surface area contributed by atoms with Crippen molar-refractivity contribution in [2.75, 3.05) is 0 Å². The lowest BCUT2D eigenvalue weighted by Gasteiger charge is -2.07. The number of nitrogens with one attached hydrogen (secondary N) is 1. The molecule has 2 aromatic heterocycles. The summed E-state index contributed by atoms with van der Waals surface area (Å²) in [6.45, 7) is 2.29. The van der Waals surface area contributed by atoms with Crippen LogP contribution in [0.3, 0.4) is 0 Å². The molecule has 2 aromatic carbocycles. The molecule has 8 nitrogen and oxygen atoms in total. The molecule has 2 heterocycles. The fraction of sp³-hybridized carbons (Fsp3) is 0.150. The molecule has 0 aliphatic heterocycles. The molecule has 0 radical (unpaired) electrons. The van der Waals surface area contributed by atoms with Gasteiger partial charge in [-0.1, -0.05) is 36.7 Å². The maximum absolute atomic E-state index is 12.8. The number of carbonyl (C=O) groups excluding carboxylic acids is 1. The van der Waals surface area contributed by atoms with E-state index >= 15 is 0 Å². The predicted molar refractivity (Wildman–Crippen MR) is 110 cm³/mol. The third kappa shape index (κ3) is 3.38. The van der Waals surface area contributed by atoms with Gasteiger partial charge in [0.15, 0.2) is 11.4 Å². The average Bonchev–Trinajstić information content (AvgIpc) is 3.02. The number of hydrogen-bond donors (Lipinski definition) is 2. The summed E-state index contributed by atoms with van der Waals surface area (Å²) in [5.41, 5.74) is 0.463. The van der Waals surface area contributed by atoms with E-state index in [0.29, 0.717) is 39.7 Å². The smallest absolute Gasteiger partial charge is 0.316 e. The van der Waals surface area contributed by atoms with Gasteiger partial charge in [-0.3, -0.25) is 9.59 Å². The molecule has 0 saturated carbocycles. The monoisotopic (exact) mass is 409 g/mol. The van der Waals surface area contributed by atoms with Crippen LogP contribution in [0.4, 0.5) is 5.69 Å².